The van der Waals surface area contributed by atoms with E-state index in [-0.39, 0.29) is 0 Å². The van der Waals surface area contributed by atoms with Gasteiger partial charge in [-0.25, -0.2) is 0 Å². The van der Waals surface area contributed by atoms with Crippen molar-refractivity contribution in [2.75, 3.05) is 20.3 Å². The summed E-state index contributed by atoms with van der Waals surface area (Å²) in [6.45, 7) is 9.00. The molecule has 0 aliphatic carbocycles. The van der Waals surface area contributed by atoms with Gasteiger partial charge in [0.25, 0.3) is 0 Å². The zero-order chi connectivity index (χ0) is 10.2. The Bertz CT molecular complexity index is 141. The molecule has 0 bridgehead atoms. The fourth-order valence-electron chi connectivity index (χ4n) is 1.01. The molecule has 0 aromatic heterocycles. The number of allylic oxidation sites excluding steroid dienone is 1. The van der Waals surface area contributed by atoms with Crippen LogP contribution in [0.15, 0.2) is 12.7 Å². The summed E-state index contributed by atoms with van der Waals surface area (Å²) in [6, 6.07) is 0.678. The maximum absolute atomic E-state index is 5.63. The second kappa shape index (κ2) is 7.26. The lowest BCUT2D eigenvalue weighted by atomic mass is 10.5. The van der Waals surface area contributed by atoms with E-state index in [4.69, 9.17) is 13.3 Å². The minimum absolute atomic E-state index is 0.623. The molecule has 0 amide bonds. The Labute approximate surface area is 82.1 Å². The van der Waals surface area contributed by atoms with Crippen molar-refractivity contribution in [1.29, 1.82) is 0 Å². The van der Waals surface area contributed by atoms with E-state index < -0.39 is 8.80 Å². The highest BCUT2D eigenvalue weighted by Crippen LogP contribution is 2.15. The topological polar surface area (TPSA) is 27.7 Å². The van der Waals surface area contributed by atoms with Crippen molar-refractivity contribution in [1.82, 2.24) is 0 Å². The average Bonchev–Trinajstić information content (AvgIpc) is 2.15. The van der Waals surface area contributed by atoms with Crippen molar-refractivity contribution in [2.24, 2.45) is 0 Å². The van der Waals surface area contributed by atoms with Gasteiger partial charge in [-0.05, 0) is 13.3 Å². The molecule has 0 heterocycles. The van der Waals surface area contributed by atoms with Crippen molar-refractivity contribution in [2.45, 2.75) is 26.3 Å². The summed E-state index contributed by atoms with van der Waals surface area (Å²) in [5.74, 6) is 0. The fourth-order valence-corrected chi connectivity index (χ4v) is 3.04. The largest absolute Gasteiger partial charge is 0.504 e. The predicted molar refractivity (Wildman–Crippen MR) is 55.6 cm³/mol. The van der Waals surface area contributed by atoms with Gasteiger partial charge in [0.15, 0.2) is 0 Å². The fraction of sp³-hybridized carbons (Fsp3) is 0.778. The van der Waals surface area contributed by atoms with Gasteiger partial charge in [-0.2, -0.15) is 0 Å². The lowest BCUT2D eigenvalue weighted by molar-refractivity contribution is 0.0850. The van der Waals surface area contributed by atoms with E-state index in [1.807, 2.05) is 6.92 Å². The van der Waals surface area contributed by atoms with Crippen molar-refractivity contribution in [3.8, 4) is 0 Å². The molecule has 13 heavy (non-hydrogen) atoms. The van der Waals surface area contributed by atoms with Crippen LogP contribution in [0.2, 0.25) is 6.04 Å². The predicted octanol–water partition coefficient (Wildman–Crippen LogP) is 2.22. The zero-order valence-corrected chi connectivity index (χ0v) is 9.84. The second-order valence-electron chi connectivity index (χ2n) is 2.66. The summed E-state index contributed by atoms with van der Waals surface area (Å²) in [5.41, 5.74) is 0. The molecule has 4 heteroatoms. The maximum atomic E-state index is 5.63. The summed E-state index contributed by atoms with van der Waals surface area (Å²) < 4.78 is 16.5. The van der Waals surface area contributed by atoms with E-state index in [1.165, 1.54) is 0 Å². The first-order valence-corrected chi connectivity index (χ1v) is 6.61. The molecule has 3 nitrogen and oxygen atoms in total. The molecule has 0 radical (unpaired) electrons. The summed E-state index contributed by atoms with van der Waals surface area (Å²) in [5, 5.41) is 0. The Balaban J connectivity index is 4.15. The zero-order valence-electron chi connectivity index (χ0n) is 8.84. The Morgan fingerprint density at radius 2 is 2.00 bits per heavy atom. The molecular formula is C9H20O3Si. The highest BCUT2D eigenvalue weighted by Gasteiger charge is 2.37. The first-order chi connectivity index (χ1) is 6.24. The van der Waals surface area contributed by atoms with Crippen LogP contribution >= 0.6 is 0 Å². The Morgan fingerprint density at radius 3 is 2.38 bits per heavy atom. The molecular weight excluding hydrogens is 184 g/mol. The van der Waals surface area contributed by atoms with Crippen LogP contribution in [0.1, 0.15) is 20.3 Å². The summed E-state index contributed by atoms with van der Waals surface area (Å²) >= 11 is 0. The molecule has 78 valence electrons. The molecule has 1 atom stereocenters. The lowest BCUT2D eigenvalue weighted by Gasteiger charge is -2.26. The molecule has 0 spiro atoms. The van der Waals surface area contributed by atoms with Gasteiger partial charge in [0.05, 0.1) is 0 Å². The Hall–Kier alpha value is -0.163. The minimum atomic E-state index is -2.41. The second-order valence-corrected chi connectivity index (χ2v) is 5.42. The molecule has 0 N–H and O–H groups in total. The van der Waals surface area contributed by atoms with E-state index in [1.54, 1.807) is 13.2 Å². The minimum Gasteiger partial charge on any atom is -0.377 e. The summed E-state index contributed by atoms with van der Waals surface area (Å²) in [6.07, 6.45) is 2.77. The van der Waals surface area contributed by atoms with Crippen molar-refractivity contribution in [3.63, 3.8) is 0 Å². The van der Waals surface area contributed by atoms with E-state index >= 15 is 0 Å². The SMILES string of the molecule is C=CC[Si](OC)(OCC)OCCC. The molecule has 0 aliphatic heterocycles. The molecule has 0 saturated heterocycles. The molecule has 0 aromatic rings. The highest BCUT2D eigenvalue weighted by molar-refractivity contribution is 6.61. The van der Waals surface area contributed by atoms with E-state index in [0.29, 0.717) is 19.3 Å². The van der Waals surface area contributed by atoms with Gasteiger partial charge in [0.1, 0.15) is 0 Å². The third kappa shape index (κ3) is 4.57. The molecule has 1 unspecified atom stereocenters. The van der Waals surface area contributed by atoms with E-state index in [2.05, 4.69) is 13.5 Å². The molecule has 0 rings (SSSR count). The smallest absolute Gasteiger partial charge is 0.377 e. The van der Waals surface area contributed by atoms with Crippen molar-refractivity contribution in [3.05, 3.63) is 12.7 Å². The Morgan fingerprint density at radius 1 is 1.31 bits per heavy atom. The average molecular weight is 204 g/mol. The van der Waals surface area contributed by atoms with Crippen LogP contribution in [-0.2, 0) is 13.3 Å². The molecule has 0 saturated carbocycles. The van der Waals surface area contributed by atoms with E-state index in [9.17, 15) is 0 Å². The normalized spacial score (nSPS) is 15.3. The van der Waals surface area contributed by atoms with Gasteiger partial charge in [-0.3, -0.25) is 0 Å². The third-order valence-electron chi connectivity index (χ3n) is 1.60. The quantitative estimate of drug-likeness (QED) is 0.448. The summed E-state index contributed by atoms with van der Waals surface area (Å²) in [7, 11) is -0.769. The van der Waals surface area contributed by atoms with Crippen LogP contribution in [0.3, 0.4) is 0 Å². The third-order valence-corrected chi connectivity index (χ3v) is 4.38. The number of hydrogen-bond acceptors (Lipinski definition) is 3. The van der Waals surface area contributed by atoms with Crippen molar-refractivity contribution >= 4 is 8.80 Å². The van der Waals surface area contributed by atoms with Gasteiger partial charge in [0, 0.05) is 26.4 Å². The molecule has 0 aliphatic rings. The first kappa shape index (κ1) is 12.8. The van der Waals surface area contributed by atoms with Gasteiger partial charge >= 0.3 is 8.80 Å². The monoisotopic (exact) mass is 204 g/mol. The molecule has 0 aromatic carbocycles. The number of rotatable bonds is 8. The maximum Gasteiger partial charge on any atom is 0.504 e. The van der Waals surface area contributed by atoms with Gasteiger partial charge in [-0.15, -0.1) is 6.58 Å². The molecule has 0 fully saturated rings. The van der Waals surface area contributed by atoms with Gasteiger partial charge in [-0.1, -0.05) is 13.0 Å². The highest BCUT2D eigenvalue weighted by atomic mass is 28.4. The Kier molecular flexibility index (Phi) is 7.17. The van der Waals surface area contributed by atoms with Gasteiger partial charge < -0.3 is 13.3 Å². The van der Waals surface area contributed by atoms with Crippen LogP contribution < -0.4 is 0 Å². The van der Waals surface area contributed by atoms with E-state index in [0.717, 1.165) is 6.42 Å². The standard InChI is InChI=1S/C9H20O3Si/c1-5-8-12-13(10-4,9-6-2)11-7-3/h6H,2,5,7-9H2,1,3-4H3. The van der Waals surface area contributed by atoms with Crippen LogP contribution in [0, 0.1) is 0 Å². The van der Waals surface area contributed by atoms with Crippen LogP contribution in [0.25, 0.3) is 0 Å². The van der Waals surface area contributed by atoms with Crippen LogP contribution in [-0.4, -0.2) is 29.1 Å². The first-order valence-electron chi connectivity index (χ1n) is 4.68. The van der Waals surface area contributed by atoms with Gasteiger partial charge in [0.2, 0.25) is 0 Å². The van der Waals surface area contributed by atoms with Crippen molar-refractivity contribution < 1.29 is 13.3 Å². The summed E-state index contributed by atoms with van der Waals surface area (Å²) in [4.78, 5) is 0. The van der Waals surface area contributed by atoms with Crippen LogP contribution in [0.4, 0.5) is 0 Å². The number of hydrogen-bond donors (Lipinski definition) is 0. The lowest BCUT2D eigenvalue weighted by Crippen LogP contribution is -2.44. The van der Waals surface area contributed by atoms with Crippen LogP contribution in [0.5, 0.6) is 0 Å².